The van der Waals surface area contributed by atoms with Crippen molar-refractivity contribution in [3.8, 4) is 0 Å². The summed E-state index contributed by atoms with van der Waals surface area (Å²) in [6.45, 7) is 3.94. The number of nitrogens with zero attached hydrogens (tertiary/aromatic N) is 3. The molecule has 0 radical (unpaired) electrons. The summed E-state index contributed by atoms with van der Waals surface area (Å²) >= 11 is 0. The van der Waals surface area contributed by atoms with Crippen molar-refractivity contribution in [2.45, 2.75) is 44.6 Å². The molecule has 0 aromatic heterocycles. The van der Waals surface area contributed by atoms with E-state index in [1.165, 1.54) is 19.3 Å². The van der Waals surface area contributed by atoms with E-state index in [0.29, 0.717) is 18.9 Å². The number of amides is 1. The summed E-state index contributed by atoms with van der Waals surface area (Å²) in [5, 5.41) is 11.9. The third-order valence-electron chi connectivity index (χ3n) is 5.12. The van der Waals surface area contributed by atoms with Gasteiger partial charge in [0, 0.05) is 19.1 Å². The van der Waals surface area contributed by atoms with E-state index in [2.05, 4.69) is 10.1 Å². The second-order valence-electron chi connectivity index (χ2n) is 6.36. The van der Waals surface area contributed by atoms with Crippen LogP contribution in [0.1, 0.15) is 38.5 Å². The summed E-state index contributed by atoms with van der Waals surface area (Å²) in [6.07, 6.45) is 6.37. The van der Waals surface area contributed by atoms with Gasteiger partial charge in [-0.1, -0.05) is 11.6 Å². The molecular formula is C14H24N4O2. The third kappa shape index (κ3) is 2.26. The van der Waals surface area contributed by atoms with E-state index in [0.717, 1.165) is 32.6 Å². The van der Waals surface area contributed by atoms with E-state index in [1.807, 2.05) is 4.90 Å². The molecular weight excluding hydrogens is 256 g/mol. The van der Waals surface area contributed by atoms with Crippen LogP contribution in [0.4, 0.5) is 0 Å². The molecule has 2 saturated heterocycles. The molecule has 0 aromatic carbocycles. The largest absolute Gasteiger partial charge is 0.409 e. The minimum absolute atomic E-state index is 0.0623. The Morgan fingerprint density at radius 1 is 1.20 bits per heavy atom. The fraction of sp³-hybridized carbons (Fsp3) is 0.857. The number of amidine groups is 1. The topological polar surface area (TPSA) is 82.2 Å². The van der Waals surface area contributed by atoms with Gasteiger partial charge in [-0.2, -0.15) is 0 Å². The fourth-order valence-corrected chi connectivity index (χ4v) is 3.61. The van der Waals surface area contributed by atoms with Crippen LogP contribution in [-0.4, -0.2) is 59.0 Å². The Kier molecular flexibility index (Phi) is 3.58. The lowest BCUT2D eigenvalue weighted by atomic mass is 10.0. The average molecular weight is 280 g/mol. The number of carbonyl (C=O) groups is 1. The molecule has 0 bridgehead atoms. The second-order valence-corrected chi connectivity index (χ2v) is 6.36. The van der Waals surface area contributed by atoms with Crippen molar-refractivity contribution < 1.29 is 10.0 Å². The van der Waals surface area contributed by atoms with Gasteiger partial charge in [-0.05, 0) is 45.2 Å². The molecule has 20 heavy (non-hydrogen) atoms. The van der Waals surface area contributed by atoms with Crippen LogP contribution in [0.25, 0.3) is 0 Å². The molecule has 0 spiro atoms. The second kappa shape index (κ2) is 5.24. The van der Waals surface area contributed by atoms with Crippen LogP contribution in [-0.2, 0) is 4.79 Å². The molecule has 2 aliphatic heterocycles. The first-order chi connectivity index (χ1) is 9.67. The van der Waals surface area contributed by atoms with Gasteiger partial charge in [0.2, 0.25) is 5.91 Å². The van der Waals surface area contributed by atoms with Gasteiger partial charge in [-0.3, -0.25) is 9.69 Å². The number of oxime groups is 1. The fourth-order valence-electron chi connectivity index (χ4n) is 3.61. The maximum Gasteiger partial charge on any atom is 0.236 e. The molecule has 2 heterocycles. The van der Waals surface area contributed by atoms with E-state index >= 15 is 0 Å². The molecule has 0 aromatic rings. The minimum atomic E-state index is -0.689. The lowest BCUT2D eigenvalue weighted by molar-refractivity contribution is -0.133. The molecule has 1 atom stereocenters. The van der Waals surface area contributed by atoms with Crippen molar-refractivity contribution in [3.05, 3.63) is 0 Å². The van der Waals surface area contributed by atoms with E-state index in [-0.39, 0.29) is 11.7 Å². The van der Waals surface area contributed by atoms with Gasteiger partial charge in [0.15, 0.2) is 5.84 Å². The molecule has 1 aliphatic carbocycles. The molecule has 3 N–H and O–H groups in total. The summed E-state index contributed by atoms with van der Waals surface area (Å²) in [5.41, 5.74) is 5.01. The highest BCUT2D eigenvalue weighted by Gasteiger charge is 2.56. The predicted octanol–water partition coefficient (Wildman–Crippen LogP) is 0.600. The Bertz CT molecular complexity index is 413. The highest BCUT2D eigenvalue weighted by Crippen LogP contribution is 2.48. The Hall–Kier alpha value is -1.30. The Balaban J connectivity index is 1.61. The highest BCUT2D eigenvalue weighted by molar-refractivity contribution is 6.09. The molecule has 6 heteroatoms. The normalized spacial score (nSPS) is 30.5. The molecule has 3 fully saturated rings. The first kappa shape index (κ1) is 13.7. The zero-order valence-electron chi connectivity index (χ0n) is 11.9. The Morgan fingerprint density at radius 3 is 2.50 bits per heavy atom. The van der Waals surface area contributed by atoms with Gasteiger partial charge in [-0.25, -0.2) is 0 Å². The smallest absolute Gasteiger partial charge is 0.236 e. The quantitative estimate of drug-likeness (QED) is 0.343. The summed E-state index contributed by atoms with van der Waals surface area (Å²) in [6, 6.07) is 0.502. The van der Waals surface area contributed by atoms with Crippen molar-refractivity contribution >= 4 is 11.7 Å². The number of carbonyl (C=O) groups excluding carboxylic acids is 1. The molecule has 112 valence electrons. The van der Waals surface area contributed by atoms with E-state index in [9.17, 15) is 4.79 Å². The number of hydrogen-bond donors (Lipinski definition) is 2. The zero-order valence-corrected chi connectivity index (χ0v) is 11.9. The Labute approximate surface area is 119 Å². The highest BCUT2D eigenvalue weighted by atomic mass is 16.4. The van der Waals surface area contributed by atoms with Crippen LogP contribution < -0.4 is 5.73 Å². The number of piperidine rings is 1. The monoisotopic (exact) mass is 280 g/mol. The number of nitrogens with two attached hydrogens (primary N) is 1. The van der Waals surface area contributed by atoms with Crippen LogP contribution >= 0.6 is 0 Å². The van der Waals surface area contributed by atoms with Crippen LogP contribution in [0.5, 0.6) is 0 Å². The molecule has 1 saturated carbocycles. The van der Waals surface area contributed by atoms with E-state index < -0.39 is 5.41 Å². The van der Waals surface area contributed by atoms with Crippen molar-refractivity contribution in [2.75, 3.05) is 26.2 Å². The molecule has 1 unspecified atom stereocenters. The lowest BCUT2D eigenvalue weighted by Crippen LogP contribution is -2.45. The first-order valence-electron chi connectivity index (χ1n) is 7.69. The van der Waals surface area contributed by atoms with Crippen molar-refractivity contribution in [2.24, 2.45) is 16.3 Å². The number of rotatable bonds is 3. The number of likely N-dealkylation sites (tertiary alicyclic amines) is 2. The van der Waals surface area contributed by atoms with Gasteiger partial charge >= 0.3 is 0 Å². The summed E-state index contributed by atoms with van der Waals surface area (Å²) < 4.78 is 0. The maximum atomic E-state index is 12.6. The van der Waals surface area contributed by atoms with Crippen LogP contribution in [0.2, 0.25) is 0 Å². The summed E-state index contributed by atoms with van der Waals surface area (Å²) in [5.74, 6) is 0.149. The maximum absolute atomic E-state index is 12.6. The van der Waals surface area contributed by atoms with Gasteiger partial charge < -0.3 is 15.8 Å². The van der Waals surface area contributed by atoms with E-state index in [4.69, 9.17) is 10.9 Å². The zero-order chi connectivity index (χ0) is 14.2. The average Bonchev–Trinajstić information content (AvgIpc) is 3.16. The SMILES string of the molecule is NC(=NO)C1(C(=O)N2CCC(N3CCCCC3)C2)CC1. The summed E-state index contributed by atoms with van der Waals surface area (Å²) in [4.78, 5) is 17.0. The predicted molar refractivity (Wildman–Crippen MR) is 75.5 cm³/mol. The van der Waals surface area contributed by atoms with Gasteiger partial charge in [0.25, 0.3) is 0 Å². The minimum Gasteiger partial charge on any atom is -0.409 e. The van der Waals surface area contributed by atoms with E-state index in [1.54, 1.807) is 0 Å². The third-order valence-corrected chi connectivity index (χ3v) is 5.12. The molecule has 3 rings (SSSR count). The standard InChI is InChI=1S/C14H24N4O2/c15-12(16-20)14(5-6-14)13(19)18-9-4-11(10-18)17-7-2-1-3-8-17/h11,20H,1-10H2,(H2,15,16). The van der Waals surface area contributed by atoms with Gasteiger partial charge in [0.05, 0.1) is 0 Å². The van der Waals surface area contributed by atoms with Crippen molar-refractivity contribution in [1.29, 1.82) is 0 Å². The number of hydrogen-bond acceptors (Lipinski definition) is 4. The molecule has 1 amide bonds. The molecule has 3 aliphatic rings. The van der Waals surface area contributed by atoms with Gasteiger partial charge in [-0.15, -0.1) is 0 Å². The molecule has 6 nitrogen and oxygen atoms in total. The lowest BCUT2D eigenvalue weighted by Gasteiger charge is -2.32. The van der Waals surface area contributed by atoms with Crippen molar-refractivity contribution in [3.63, 3.8) is 0 Å². The van der Waals surface area contributed by atoms with Crippen LogP contribution in [0, 0.1) is 5.41 Å². The van der Waals surface area contributed by atoms with Crippen LogP contribution in [0.3, 0.4) is 0 Å². The Morgan fingerprint density at radius 2 is 1.90 bits per heavy atom. The first-order valence-corrected chi connectivity index (χ1v) is 7.69. The summed E-state index contributed by atoms with van der Waals surface area (Å²) in [7, 11) is 0. The van der Waals surface area contributed by atoms with Crippen molar-refractivity contribution in [1.82, 2.24) is 9.80 Å². The van der Waals surface area contributed by atoms with Crippen LogP contribution in [0.15, 0.2) is 5.16 Å². The van der Waals surface area contributed by atoms with Gasteiger partial charge in [0.1, 0.15) is 5.41 Å².